The van der Waals surface area contributed by atoms with Crippen molar-refractivity contribution in [3.63, 3.8) is 0 Å². The summed E-state index contributed by atoms with van der Waals surface area (Å²) in [6, 6.07) is 0. The number of nitrogens with zero attached hydrogens (tertiary/aromatic N) is 2. The second-order valence-electron chi connectivity index (χ2n) is 3.73. The topological polar surface area (TPSA) is 64.0 Å². The van der Waals surface area contributed by atoms with Gasteiger partial charge in [0.25, 0.3) is 0 Å². The van der Waals surface area contributed by atoms with Crippen LogP contribution in [0.25, 0.3) is 0 Å². The number of nitrogens with one attached hydrogen (secondary N) is 1. The molecule has 0 unspecified atom stereocenters. The van der Waals surface area contributed by atoms with E-state index >= 15 is 0 Å². The van der Waals surface area contributed by atoms with Gasteiger partial charge in [-0.2, -0.15) is 5.10 Å². The van der Waals surface area contributed by atoms with Crippen LogP contribution in [0.4, 0.5) is 0 Å². The lowest BCUT2D eigenvalue weighted by atomic mass is 10.3. The molecule has 92 valence electrons. The highest BCUT2D eigenvalue weighted by atomic mass is 32.2. The van der Waals surface area contributed by atoms with Gasteiger partial charge in [-0.05, 0) is 20.3 Å². The maximum Gasteiger partial charge on any atom is 0.211 e. The van der Waals surface area contributed by atoms with E-state index in [0.29, 0.717) is 6.54 Å². The van der Waals surface area contributed by atoms with Gasteiger partial charge in [0.05, 0.1) is 11.4 Å². The fourth-order valence-electron chi connectivity index (χ4n) is 1.37. The Morgan fingerprint density at radius 1 is 1.44 bits per heavy atom. The first-order chi connectivity index (χ1) is 7.48. The molecule has 0 aliphatic rings. The summed E-state index contributed by atoms with van der Waals surface area (Å²) in [5.41, 5.74) is 1.82. The van der Waals surface area contributed by atoms with Gasteiger partial charge in [0, 0.05) is 24.8 Å². The molecule has 0 atom stereocenters. The molecule has 1 aromatic heterocycles. The third-order valence-electron chi connectivity index (χ3n) is 2.36. The van der Waals surface area contributed by atoms with Crippen molar-refractivity contribution in [1.82, 2.24) is 14.5 Å². The molecule has 0 spiro atoms. The van der Waals surface area contributed by atoms with Crippen molar-refractivity contribution in [3.8, 4) is 0 Å². The quantitative estimate of drug-likeness (QED) is 0.814. The minimum absolute atomic E-state index is 0.106. The van der Waals surface area contributed by atoms with Crippen molar-refractivity contribution in [2.24, 2.45) is 0 Å². The SMILES string of the molecule is CCCn1cc(CNS(=O)(=O)CC)c(C)n1. The molecule has 1 heterocycles. The summed E-state index contributed by atoms with van der Waals surface area (Å²) in [7, 11) is -3.12. The van der Waals surface area contributed by atoms with Gasteiger partial charge in [-0.15, -0.1) is 0 Å². The highest BCUT2D eigenvalue weighted by molar-refractivity contribution is 7.89. The summed E-state index contributed by atoms with van der Waals surface area (Å²) in [5, 5.41) is 4.31. The summed E-state index contributed by atoms with van der Waals surface area (Å²) < 4.78 is 26.9. The van der Waals surface area contributed by atoms with Crippen molar-refractivity contribution in [1.29, 1.82) is 0 Å². The summed E-state index contributed by atoms with van der Waals surface area (Å²) in [6.07, 6.45) is 2.91. The van der Waals surface area contributed by atoms with Crippen LogP contribution < -0.4 is 4.72 Å². The van der Waals surface area contributed by atoms with Crippen molar-refractivity contribution >= 4 is 10.0 Å². The van der Waals surface area contributed by atoms with Gasteiger partial charge in [0.1, 0.15) is 0 Å². The first-order valence-electron chi connectivity index (χ1n) is 5.48. The van der Waals surface area contributed by atoms with Gasteiger partial charge in [0.15, 0.2) is 0 Å². The Balaban J connectivity index is 2.67. The van der Waals surface area contributed by atoms with E-state index in [-0.39, 0.29) is 5.75 Å². The zero-order valence-electron chi connectivity index (χ0n) is 10.0. The van der Waals surface area contributed by atoms with Crippen molar-refractivity contribution < 1.29 is 8.42 Å². The highest BCUT2D eigenvalue weighted by Crippen LogP contribution is 2.06. The zero-order chi connectivity index (χ0) is 12.2. The molecule has 0 bridgehead atoms. The molecule has 0 aromatic carbocycles. The van der Waals surface area contributed by atoms with Crippen molar-refractivity contribution in [3.05, 3.63) is 17.5 Å². The van der Waals surface area contributed by atoms with Gasteiger partial charge in [-0.3, -0.25) is 4.68 Å². The Bertz CT molecular complexity index is 437. The number of aryl methyl sites for hydroxylation is 2. The average Bonchev–Trinajstić information content (AvgIpc) is 2.57. The Kier molecular flexibility index (Phi) is 4.49. The molecule has 16 heavy (non-hydrogen) atoms. The molecule has 1 aromatic rings. The second kappa shape index (κ2) is 5.45. The van der Waals surface area contributed by atoms with Gasteiger partial charge >= 0.3 is 0 Å². The number of hydrogen-bond donors (Lipinski definition) is 1. The predicted molar refractivity (Wildman–Crippen MR) is 63.6 cm³/mol. The van der Waals surface area contributed by atoms with E-state index in [1.807, 2.05) is 17.8 Å². The van der Waals surface area contributed by atoms with Crippen LogP contribution in [0.1, 0.15) is 31.5 Å². The van der Waals surface area contributed by atoms with Gasteiger partial charge in [0.2, 0.25) is 10.0 Å². The Morgan fingerprint density at radius 3 is 2.69 bits per heavy atom. The van der Waals surface area contributed by atoms with Gasteiger partial charge in [-0.25, -0.2) is 13.1 Å². The molecular formula is C10H19N3O2S. The summed E-state index contributed by atoms with van der Waals surface area (Å²) in [6.45, 7) is 6.78. The molecule has 0 fully saturated rings. The molecular weight excluding hydrogens is 226 g/mol. The molecule has 5 nitrogen and oxygen atoms in total. The third-order valence-corrected chi connectivity index (χ3v) is 3.71. The first kappa shape index (κ1) is 13.2. The van der Waals surface area contributed by atoms with E-state index < -0.39 is 10.0 Å². The maximum atomic E-state index is 11.3. The van der Waals surface area contributed by atoms with Crippen LogP contribution in [0.5, 0.6) is 0 Å². The number of sulfonamides is 1. The molecule has 0 saturated heterocycles. The number of aromatic nitrogens is 2. The minimum Gasteiger partial charge on any atom is -0.272 e. The lowest BCUT2D eigenvalue weighted by Crippen LogP contribution is -2.24. The van der Waals surface area contributed by atoms with E-state index in [1.165, 1.54) is 0 Å². The normalized spacial score (nSPS) is 11.9. The molecule has 0 amide bonds. The second-order valence-corrected chi connectivity index (χ2v) is 5.82. The zero-order valence-corrected chi connectivity index (χ0v) is 10.8. The lowest BCUT2D eigenvalue weighted by Gasteiger charge is -2.02. The van der Waals surface area contributed by atoms with E-state index in [4.69, 9.17) is 0 Å². The molecule has 6 heteroatoms. The summed E-state index contributed by atoms with van der Waals surface area (Å²) in [5.74, 6) is 0.106. The van der Waals surface area contributed by atoms with Crippen molar-refractivity contribution in [2.45, 2.75) is 40.3 Å². The first-order valence-corrected chi connectivity index (χ1v) is 7.14. The fourth-order valence-corrected chi connectivity index (χ4v) is 1.95. The van der Waals surface area contributed by atoms with E-state index in [2.05, 4.69) is 16.7 Å². The average molecular weight is 245 g/mol. The van der Waals surface area contributed by atoms with Crippen LogP contribution in [0, 0.1) is 6.92 Å². The van der Waals surface area contributed by atoms with Crippen LogP contribution >= 0.6 is 0 Å². The molecule has 0 aliphatic heterocycles. The van der Waals surface area contributed by atoms with E-state index in [9.17, 15) is 8.42 Å². The molecule has 0 radical (unpaired) electrons. The smallest absolute Gasteiger partial charge is 0.211 e. The lowest BCUT2D eigenvalue weighted by molar-refractivity contribution is 0.582. The number of rotatable bonds is 6. The van der Waals surface area contributed by atoms with Crippen LogP contribution in [0.15, 0.2) is 6.20 Å². The van der Waals surface area contributed by atoms with Crippen LogP contribution in [0.3, 0.4) is 0 Å². The van der Waals surface area contributed by atoms with Crippen LogP contribution in [0.2, 0.25) is 0 Å². The fraction of sp³-hybridized carbons (Fsp3) is 0.700. The minimum atomic E-state index is -3.12. The molecule has 0 saturated carbocycles. The molecule has 1 N–H and O–H groups in total. The predicted octanol–water partition coefficient (Wildman–Crippen LogP) is 1.04. The Hall–Kier alpha value is -0.880. The Labute approximate surface area is 96.9 Å². The van der Waals surface area contributed by atoms with Crippen LogP contribution in [-0.4, -0.2) is 24.0 Å². The highest BCUT2D eigenvalue weighted by Gasteiger charge is 2.09. The maximum absolute atomic E-state index is 11.3. The third kappa shape index (κ3) is 3.61. The standard InChI is InChI=1S/C10H19N3O2S/c1-4-6-13-8-10(9(3)12-13)7-11-16(14,15)5-2/h8,11H,4-7H2,1-3H3. The monoisotopic (exact) mass is 245 g/mol. The number of hydrogen-bond acceptors (Lipinski definition) is 3. The van der Waals surface area contributed by atoms with E-state index in [1.54, 1.807) is 6.92 Å². The molecule has 0 aliphatic carbocycles. The van der Waals surface area contributed by atoms with Gasteiger partial charge in [-0.1, -0.05) is 6.92 Å². The largest absolute Gasteiger partial charge is 0.272 e. The Morgan fingerprint density at radius 2 is 2.12 bits per heavy atom. The molecule has 1 rings (SSSR count). The van der Waals surface area contributed by atoms with Gasteiger partial charge < -0.3 is 0 Å². The van der Waals surface area contributed by atoms with Crippen molar-refractivity contribution in [2.75, 3.05) is 5.75 Å². The summed E-state index contributed by atoms with van der Waals surface area (Å²) in [4.78, 5) is 0. The summed E-state index contributed by atoms with van der Waals surface area (Å²) >= 11 is 0. The van der Waals surface area contributed by atoms with Crippen LogP contribution in [-0.2, 0) is 23.1 Å². The van der Waals surface area contributed by atoms with E-state index in [0.717, 1.165) is 24.2 Å².